The van der Waals surface area contributed by atoms with E-state index < -0.39 is 6.10 Å². The first-order valence-corrected chi connectivity index (χ1v) is 29.1. The molecule has 0 radical (unpaired) electrons. The van der Waals surface area contributed by atoms with Gasteiger partial charge in [0.05, 0.1) is 0 Å². The van der Waals surface area contributed by atoms with Crippen molar-refractivity contribution in [3.05, 3.63) is 48.6 Å². The third-order valence-corrected chi connectivity index (χ3v) is 12.8. The molecule has 0 N–H and O–H groups in total. The van der Waals surface area contributed by atoms with Crippen molar-refractivity contribution in [2.75, 3.05) is 13.2 Å². The molecule has 390 valence electrons. The Balaban J connectivity index is 4.15. The van der Waals surface area contributed by atoms with E-state index in [-0.39, 0.29) is 31.1 Å². The zero-order valence-electron chi connectivity index (χ0n) is 44.7. The topological polar surface area (TPSA) is 78.9 Å². The number of esters is 3. The Morgan fingerprint density at radius 2 is 0.582 bits per heavy atom. The van der Waals surface area contributed by atoms with Crippen LogP contribution >= 0.6 is 0 Å². The van der Waals surface area contributed by atoms with Gasteiger partial charge in [-0.1, -0.05) is 275 Å². The zero-order chi connectivity index (χ0) is 48.6. The van der Waals surface area contributed by atoms with Crippen LogP contribution < -0.4 is 0 Å². The van der Waals surface area contributed by atoms with Crippen LogP contribution in [-0.4, -0.2) is 37.2 Å². The molecule has 0 aromatic heterocycles. The number of carbonyl (C=O) groups is 3. The van der Waals surface area contributed by atoms with Crippen LogP contribution in [-0.2, 0) is 28.6 Å². The van der Waals surface area contributed by atoms with Crippen molar-refractivity contribution in [1.29, 1.82) is 0 Å². The first kappa shape index (κ1) is 64.4. The minimum Gasteiger partial charge on any atom is -0.462 e. The first-order valence-electron chi connectivity index (χ1n) is 29.1. The number of ether oxygens (including phenoxy) is 3. The molecule has 0 aromatic rings. The van der Waals surface area contributed by atoms with E-state index in [0.29, 0.717) is 19.3 Å². The molecular weight excluding hydrogens is 829 g/mol. The molecule has 1 atom stereocenters. The molecule has 0 spiro atoms. The molecule has 0 heterocycles. The molecule has 0 rings (SSSR count). The predicted octanol–water partition coefficient (Wildman–Crippen LogP) is 19.4. The van der Waals surface area contributed by atoms with E-state index in [0.717, 1.165) is 83.5 Å². The van der Waals surface area contributed by atoms with E-state index in [9.17, 15) is 14.4 Å². The first-order chi connectivity index (χ1) is 33.0. The SMILES string of the molecule is CC/C=C\C/C=C\C/C=C\C/C=C\CCCCCCCCCCCCC(=O)OCC(COC(=O)CCCCCCCCC)OC(=O)CCCCCCCCCCCCCCCCCCCCC. The number of rotatable bonds is 53. The van der Waals surface area contributed by atoms with Gasteiger partial charge in [0.1, 0.15) is 13.2 Å². The van der Waals surface area contributed by atoms with Crippen molar-refractivity contribution < 1.29 is 28.6 Å². The molecule has 0 fully saturated rings. The van der Waals surface area contributed by atoms with Crippen LogP contribution in [0.3, 0.4) is 0 Å². The molecule has 0 saturated carbocycles. The van der Waals surface area contributed by atoms with Crippen molar-refractivity contribution in [3.63, 3.8) is 0 Å². The molecule has 0 aliphatic rings. The normalized spacial score (nSPS) is 12.3. The fourth-order valence-corrected chi connectivity index (χ4v) is 8.49. The molecule has 0 aliphatic heterocycles. The quantitative estimate of drug-likeness (QED) is 0.0262. The Hall–Kier alpha value is -2.63. The molecule has 0 aromatic carbocycles. The van der Waals surface area contributed by atoms with Crippen LogP contribution in [0, 0.1) is 0 Å². The van der Waals surface area contributed by atoms with Gasteiger partial charge in [0, 0.05) is 19.3 Å². The largest absolute Gasteiger partial charge is 0.462 e. The third kappa shape index (κ3) is 54.2. The Bertz CT molecular complexity index is 1170. The molecule has 6 heteroatoms. The molecule has 6 nitrogen and oxygen atoms in total. The predicted molar refractivity (Wildman–Crippen MR) is 289 cm³/mol. The fourth-order valence-electron chi connectivity index (χ4n) is 8.49. The molecule has 0 amide bonds. The van der Waals surface area contributed by atoms with Gasteiger partial charge < -0.3 is 14.2 Å². The Morgan fingerprint density at radius 3 is 0.910 bits per heavy atom. The zero-order valence-corrected chi connectivity index (χ0v) is 44.7. The Morgan fingerprint density at radius 1 is 0.313 bits per heavy atom. The minimum atomic E-state index is -0.769. The fraction of sp³-hybridized carbons (Fsp3) is 0.820. The molecule has 0 bridgehead atoms. The summed E-state index contributed by atoms with van der Waals surface area (Å²) in [5.74, 6) is -0.866. The summed E-state index contributed by atoms with van der Waals surface area (Å²) in [4.78, 5) is 38.0. The van der Waals surface area contributed by atoms with Gasteiger partial charge in [0.25, 0.3) is 0 Å². The average molecular weight is 940 g/mol. The second-order valence-corrected chi connectivity index (χ2v) is 19.5. The standard InChI is InChI=1S/C61H110O6/c1-4-7-10-13-16-18-20-22-24-26-28-29-30-31-33-34-36-38-40-42-45-48-51-54-60(63)66-57-58(56-65-59(62)53-50-47-44-15-12-9-6-3)67-61(64)55-52-49-46-43-41-39-37-35-32-27-25-23-21-19-17-14-11-8-5-2/h7,10,16,18,22,24,28-29,58H,4-6,8-9,11-15,17,19-21,23,25-27,30-57H2,1-3H3/b10-7-,18-16-,24-22-,29-28-. The van der Waals surface area contributed by atoms with E-state index in [1.807, 2.05) is 0 Å². The average Bonchev–Trinajstić information content (AvgIpc) is 3.33. The van der Waals surface area contributed by atoms with Gasteiger partial charge >= 0.3 is 17.9 Å². The number of carbonyl (C=O) groups excluding carboxylic acids is 3. The van der Waals surface area contributed by atoms with Crippen LogP contribution in [0.1, 0.15) is 303 Å². The maximum Gasteiger partial charge on any atom is 0.306 e. The van der Waals surface area contributed by atoms with Crippen molar-refractivity contribution in [3.8, 4) is 0 Å². The maximum absolute atomic E-state index is 12.8. The summed E-state index contributed by atoms with van der Waals surface area (Å²) < 4.78 is 16.8. The van der Waals surface area contributed by atoms with Gasteiger partial charge in [-0.25, -0.2) is 0 Å². The lowest BCUT2D eigenvalue weighted by atomic mass is 10.0. The van der Waals surface area contributed by atoms with Crippen LogP contribution in [0.5, 0.6) is 0 Å². The third-order valence-electron chi connectivity index (χ3n) is 12.8. The molecular formula is C61H110O6. The van der Waals surface area contributed by atoms with E-state index in [1.54, 1.807) is 0 Å². The highest BCUT2D eigenvalue weighted by molar-refractivity contribution is 5.71. The molecule has 1 unspecified atom stereocenters. The lowest BCUT2D eigenvalue weighted by Gasteiger charge is -2.18. The van der Waals surface area contributed by atoms with Gasteiger partial charge in [-0.05, 0) is 57.8 Å². The van der Waals surface area contributed by atoms with Crippen LogP contribution in [0.2, 0.25) is 0 Å². The summed E-state index contributed by atoms with van der Waals surface area (Å²) in [6.07, 6.45) is 68.4. The van der Waals surface area contributed by atoms with Gasteiger partial charge in [-0.3, -0.25) is 14.4 Å². The van der Waals surface area contributed by atoms with Gasteiger partial charge in [-0.2, -0.15) is 0 Å². The highest BCUT2D eigenvalue weighted by atomic mass is 16.6. The van der Waals surface area contributed by atoms with Crippen LogP contribution in [0.25, 0.3) is 0 Å². The molecule has 0 saturated heterocycles. The summed E-state index contributed by atoms with van der Waals surface area (Å²) in [5, 5.41) is 0. The summed E-state index contributed by atoms with van der Waals surface area (Å²) in [7, 11) is 0. The number of hydrogen-bond donors (Lipinski definition) is 0. The highest BCUT2D eigenvalue weighted by Gasteiger charge is 2.19. The van der Waals surface area contributed by atoms with Crippen molar-refractivity contribution in [2.24, 2.45) is 0 Å². The van der Waals surface area contributed by atoms with E-state index in [4.69, 9.17) is 14.2 Å². The van der Waals surface area contributed by atoms with Crippen LogP contribution in [0.4, 0.5) is 0 Å². The summed E-state index contributed by atoms with van der Waals surface area (Å²) in [6.45, 7) is 6.52. The number of allylic oxidation sites excluding steroid dienone is 8. The summed E-state index contributed by atoms with van der Waals surface area (Å²) >= 11 is 0. The Kier molecular flexibility index (Phi) is 53.8. The second kappa shape index (κ2) is 56.0. The van der Waals surface area contributed by atoms with Gasteiger partial charge in [0.15, 0.2) is 6.10 Å². The summed E-state index contributed by atoms with van der Waals surface area (Å²) in [6, 6.07) is 0. The maximum atomic E-state index is 12.8. The van der Waals surface area contributed by atoms with Gasteiger partial charge in [-0.15, -0.1) is 0 Å². The van der Waals surface area contributed by atoms with Gasteiger partial charge in [0.2, 0.25) is 0 Å². The molecule has 0 aliphatic carbocycles. The van der Waals surface area contributed by atoms with E-state index >= 15 is 0 Å². The highest BCUT2D eigenvalue weighted by Crippen LogP contribution is 2.17. The van der Waals surface area contributed by atoms with E-state index in [2.05, 4.69) is 69.4 Å². The van der Waals surface area contributed by atoms with Crippen molar-refractivity contribution in [1.82, 2.24) is 0 Å². The lowest BCUT2D eigenvalue weighted by Crippen LogP contribution is -2.30. The smallest absolute Gasteiger partial charge is 0.306 e. The second-order valence-electron chi connectivity index (χ2n) is 19.5. The lowest BCUT2D eigenvalue weighted by molar-refractivity contribution is -0.167. The molecule has 67 heavy (non-hydrogen) atoms. The van der Waals surface area contributed by atoms with Crippen molar-refractivity contribution >= 4 is 17.9 Å². The van der Waals surface area contributed by atoms with Crippen LogP contribution in [0.15, 0.2) is 48.6 Å². The minimum absolute atomic E-state index is 0.0706. The summed E-state index contributed by atoms with van der Waals surface area (Å²) in [5.41, 5.74) is 0. The number of unbranched alkanes of at least 4 members (excludes halogenated alkanes) is 34. The monoisotopic (exact) mass is 939 g/mol. The van der Waals surface area contributed by atoms with E-state index in [1.165, 1.54) is 180 Å². The number of hydrogen-bond acceptors (Lipinski definition) is 6. The Labute approximate surface area is 416 Å². The van der Waals surface area contributed by atoms with Crippen molar-refractivity contribution in [2.45, 2.75) is 309 Å².